The first-order valence-corrected chi connectivity index (χ1v) is 16.9. The first-order valence-electron chi connectivity index (χ1n) is 16.9. The van der Waals surface area contributed by atoms with Gasteiger partial charge in [0.05, 0.1) is 22.4 Å². The predicted octanol–water partition coefficient (Wildman–Crippen LogP) is 13.2. The van der Waals surface area contributed by atoms with Crippen molar-refractivity contribution < 1.29 is 0 Å². The summed E-state index contributed by atoms with van der Waals surface area (Å²) in [4.78, 5) is 2.45. The van der Waals surface area contributed by atoms with Gasteiger partial charge in [0, 0.05) is 32.9 Å². The summed E-state index contributed by atoms with van der Waals surface area (Å²) >= 11 is 0. The van der Waals surface area contributed by atoms with Gasteiger partial charge in [-0.2, -0.15) is 0 Å². The van der Waals surface area contributed by atoms with Gasteiger partial charge in [0.25, 0.3) is 0 Å². The highest BCUT2D eigenvalue weighted by molar-refractivity contribution is 6.29. The molecule has 49 heavy (non-hydrogen) atoms. The normalized spacial score (nSPS) is 11.8. The number of nitrogens with zero attached hydrogens (tertiary/aromatic N) is 2. The van der Waals surface area contributed by atoms with E-state index in [1.165, 1.54) is 76.1 Å². The summed E-state index contributed by atoms with van der Waals surface area (Å²) in [5.74, 6) is 0. The van der Waals surface area contributed by atoms with Gasteiger partial charge < -0.3 is 9.47 Å². The molecule has 0 aliphatic carbocycles. The third-order valence-corrected chi connectivity index (χ3v) is 10.2. The van der Waals surface area contributed by atoms with Crippen molar-refractivity contribution in [1.29, 1.82) is 0 Å². The molecular weight excluding hydrogens is 593 g/mol. The molecule has 0 amide bonds. The first kappa shape index (κ1) is 27.7. The Morgan fingerprint density at radius 2 is 0.918 bits per heavy atom. The maximum atomic E-state index is 2.45. The highest BCUT2D eigenvalue weighted by atomic mass is 15.1. The van der Waals surface area contributed by atoms with Crippen LogP contribution >= 0.6 is 0 Å². The summed E-state index contributed by atoms with van der Waals surface area (Å²) < 4.78 is 2.45. The van der Waals surface area contributed by atoms with Crippen LogP contribution in [0.4, 0.5) is 17.1 Å². The van der Waals surface area contributed by atoms with E-state index in [-0.39, 0.29) is 0 Å². The molecule has 10 rings (SSSR count). The Hall–Kier alpha value is -6.38. The van der Waals surface area contributed by atoms with Crippen molar-refractivity contribution in [3.63, 3.8) is 0 Å². The number of para-hydroxylation sites is 1. The number of anilines is 3. The quantitative estimate of drug-likeness (QED) is 0.177. The van der Waals surface area contributed by atoms with Crippen LogP contribution in [0.1, 0.15) is 5.56 Å². The van der Waals surface area contributed by atoms with Crippen LogP contribution < -0.4 is 4.90 Å². The summed E-state index contributed by atoms with van der Waals surface area (Å²) in [5, 5.41) is 12.6. The monoisotopic (exact) mass is 624 g/mol. The van der Waals surface area contributed by atoms with E-state index in [0.29, 0.717) is 0 Å². The summed E-state index contributed by atoms with van der Waals surface area (Å²) in [6, 6.07) is 64.5. The van der Waals surface area contributed by atoms with Crippen LogP contribution in [-0.4, -0.2) is 4.57 Å². The first-order chi connectivity index (χ1) is 24.2. The second-order valence-corrected chi connectivity index (χ2v) is 13.0. The molecule has 0 spiro atoms. The summed E-state index contributed by atoms with van der Waals surface area (Å²) in [5.41, 5.74) is 8.22. The fourth-order valence-electron chi connectivity index (χ4n) is 8.00. The van der Waals surface area contributed by atoms with Crippen LogP contribution in [0.3, 0.4) is 0 Å². The topological polar surface area (TPSA) is 8.17 Å². The third-order valence-electron chi connectivity index (χ3n) is 10.2. The van der Waals surface area contributed by atoms with E-state index in [1.807, 2.05) is 0 Å². The van der Waals surface area contributed by atoms with Crippen LogP contribution in [0.15, 0.2) is 176 Å². The Labute approximate surface area is 284 Å². The second-order valence-electron chi connectivity index (χ2n) is 13.0. The molecule has 0 saturated carbocycles. The third kappa shape index (κ3) is 4.21. The summed E-state index contributed by atoms with van der Waals surface area (Å²) in [6.07, 6.45) is 0. The molecule has 0 fully saturated rings. The lowest BCUT2D eigenvalue weighted by Gasteiger charge is -2.28. The zero-order valence-electron chi connectivity index (χ0n) is 27.1. The number of aryl methyl sites for hydroxylation is 1. The van der Waals surface area contributed by atoms with Crippen molar-refractivity contribution in [2.75, 3.05) is 4.90 Å². The highest BCUT2D eigenvalue weighted by Gasteiger charge is 2.21. The smallest absolute Gasteiger partial charge is 0.0562 e. The zero-order chi connectivity index (χ0) is 32.5. The molecule has 2 heteroatoms. The van der Waals surface area contributed by atoms with Crippen LogP contribution in [0.2, 0.25) is 0 Å². The summed E-state index contributed by atoms with van der Waals surface area (Å²) in [7, 11) is 0. The number of fused-ring (bicyclic) bond motifs is 10. The zero-order valence-corrected chi connectivity index (χ0v) is 27.1. The molecule has 0 aliphatic heterocycles. The molecule has 2 nitrogen and oxygen atoms in total. The van der Waals surface area contributed by atoms with Gasteiger partial charge in [-0.15, -0.1) is 0 Å². The van der Waals surface area contributed by atoms with Crippen molar-refractivity contribution in [2.24, 2.45) is 0 Å². The molecule has 1 heterocycles. The van der Waals surface area contributed by atoms with Gasteiger partial charge >= 0.3 is 0 Å². The maximum absolute atomic E-state index is 2.45. The molecule has 0 aliphatic rings. The van der Waals surface area contributed by atoms with Gasteiger partial charge in [-0.3, -0.25) is 0 Å². The standard InChI is InChI=1S/C47H32N2/c1-31-24-26-33(27-25-31)48(45-23-11-20-42-38-16-5-4-15-36(38)37-17-6-7-19-41(37)47(42)45)34-28-29-40-39-18-8-9-21-44(39)49(46(40)30-34)43-22-10-13-32-12-2-3-14-35(32)43/h2-30H,1H3. The molecule has 0 bridgehead atoms. The molecule has 0 saturated heterocycles. The maximum Gasteiger partial charge on any atom is 0.0562 e. The Morgan fingerprint density at radius 1 is 0.388 bits per heavy atom. The average molecular weight is 625 g/mol. The van der Waals surface area contributed by atoms with Crippen molar-refractivity contribution in [3.8, 4) is 5.69 Å². The van der Waals surface area contributed by atoms with E-state index in [9.17, 15) is 0 Å². The lowest BCUT2D eigenvalue weighted by Crippen LogP contribution is -2.11. The van der Waals surface area contributed by atoms with Gasteiger partial charge in [-0.1, -0.05) is 139 Å². The van der Waals surface area contributed by atoms with E-state index in [0.717, 1.165) is 17.1 Å². The lowest BCUT2D eigenvalue weighted by atomic mass is 9.93. The predicted molar refractivity (Wildman–Crippen MR) is 210 cm³/mol. The lowest BCUT2D eigenvalue weighted by molar-refractivity contribution is 1.19. The fourth-order valence-corrected chi connectivity index (χ4v) is 8.00. The number of benzene rings is 9. The molecule has 9 aromatic carbocycles. The van der Waals surface area contributed by atoms with Crippen LogP contribution in [-0.2, 0) is 0 Å². The van der Waals surface area contributed by atoms with Crippen molar-refractivity contribution in [1.82, 2.24) is 4.57 Å². The van der Waals surface area contributed by atoms with E-state index in [2.05, 4.69) is 192 Å². The van der Waals surface area contributed by atoms with Gasteiger partial charge in [0.1, 0.15) is 0 Å². The molecule has 1 aromatic heterocycles. The Bertz CT molecular complexity index is 2840. The Kier molecular flexibility index (Phi) is 6.13. The Balaban J connectivity index is 1.32. The largest absolute Gasteiger partial charge is 0.310 e. The van der Waals surface area contributed by atoms with E-state index in [1.54, 1.807) is 0 Å². The van der Waals surface area contributed by atoms with E-state index < -0.39 is 0 Å². The molecule has 0 N–H and O–H groups in total. The number of rotatable bonds is 4. The minimum Gasteiger partial charge on any atom is -0.310 e. The SMILES string of the molecule is Cc1ccc(N(c2ccc3c4ccccc4n(-c4cccc5ccccc45)c3c2)c2cccc3c4ccccc4c4ccccc4c23)cc1. The molecule has 0 atom stereocenters. The minimum absolute atomic E-state index is 1.12. The van der Waals surface area contributed by atoms with Gasteiger partial charge in [0.2, 0.25) is 0 Å². The van der Waals surface area contributed by atoms with Crippen LogP contribution in [0.5, 0.6) is 0 Å². The minimum atomic E-state index is 1.12. The average Bonchev–Trinajstić information content (AvgIpc) is 3.49. The van der Waals surface area contributed by atoms with E-state index >= 15 is 0 Å². The molecular formula is C47H32N2. The van der Waals surface area contributed by atoms with E-state index in [4.69, 9.17) is 0 Å². The number of hydrogen-bond acceptors (Lipinski definition) is 1. The second kappa shape index (κ2) is 10.8. The molecule has 230 valence electrons. The van der Waals surface area contributed by atoms with Crippen molar-refractivity contribution >= 4 is 82.0 Å². The molecule has 0 unspecified atom stereocenters. The Morgan fingerprint density at radius 3 is 1.67 bits per heavy atom. The van der Waals surface area contributed by atoms with Crippen molar-refractivity contribution in [3.05, 3.63) is 181 Å². The molecule has 0 radical (unpaired) electrons. The summed E-state index contributed by atoms with van der Waals surface area (Å²) in [6.45, 7) is 2.15. The molecule has 10 aromatic rings. The highest BCUT2D eigenvalue weighted by Crippen LogP contribution is 2.46. The fraction of sp³-hybridized carbons (Fsp3) is 0.0213. The number of aromatic nitrogens is 1. The van der Waals surface area contributed by atoms with Crippen LogP contribution in [0, 0.1) is 6.92 Å². The number of hydrogen-bond donors (Lipinski definition) is 0. The van der Waals surface area contributed by atoms with Gasteiger partial charge in [-0.05, 0) is 81.7 Å². The van der Waals surface area contributed by atoms with Crippen LogP contribution in [0.25, 0.3) is 70.6 Å². The van der Waals surface area contributed by atoms with Crippen molar-refractivity contribution in [2.45, 2.75) is 6.92 Å². The van der Waals surface area contributed by atoms with Gasteiger partial charge in [0.15, 0.2) is 0 Å². The van der Waals surface area contributed by atoms with Gasteiger partial charge in [-0.25, -0.2) is 0 Å².